The summed E-state index contributed by atoms with van der Waals surface area (Å²) in [7, 11) is 1.50. The SMILES string of the molecule is CCOc1ccc(N2C(=O)C(=O)/C(=C(/O)c3cc(C(C)(C)C)ccc3OC)C2c2ccncc2)cc1. The van der Waals surface area contributed by atoms with Gasteiger partial charge in [0.05, 0.1) is 30.9 Å². The number of Topliss-reactive ketones (excluding diaryl/α,β-unsaturated/α-hetero) is 1. The van der Waals surface area contributed by atoms with Gasteiger partial charge in [0.15, 0.2) is 0 Å². The number of ether oxygens (including phenoxy) is 2. The van der Waals surface area contributed by atoms with Crippen LogP contribution in [0.2, 0.25) is 0 Å². The number of aromatic nitrogens is 1. The number of hydrogen-bond donors (Lipinski definition) is 1. The lowest BCUT2D eigenvalue weighted by Crippen LogP contribution is -2.29. The van der Waals surface area contributed by atoms with Gasteiger partial charge in [-0.05, 0) is 72.0 Å². The molecule has 186 valence electrons. The van der Waals surface area contributed by atoms with E-state index >= 15 is 0 Å². The highest BCUT2D eigenvalue weighted by atomic mass is 16.5. The number of carbonyl (C=O) groups is 2. The molecule has 3 aromatic rings. The number of aliphatic hydroxyl groups excluding tert-OH is 1. The van der Waals surface area contributed by atoms with Crippen molar-refractivity contribution in [3.63, 3.8) is 0 Å². The minimum absolute atomic E-state index is 0.00977. The Morgan fingerprint density at radius 3 is 2.28 bits per heavy atom. The summed E-state index contributed by atoms with van der Waals surface area (Å²) in [5, 5.41) is 11.6. The maximum Gasteiger partial charge on any atom is 0.300 e. The summed E-state index contributed by atoms with van der Waals surface area (Å²) < 4.78 is 11.0. The number of carbonyl (C=O) groups excluding carboxylic acids is 2. The van der Waals surface area contributed by atoms with Crippen molar-refractivity contribution in [3.8, 4) is 11.5 Å². The fraction of sp³-hybridized carbons (Fsp3) is 0.276. The van der Waals surface area contributed by atoms with Crippen molar-refractivity contribution in [2.75, 3.05) is 18.6 Å². The molecule has 2 aromatic carbocycles. The van der Waals surface area contributed by atoms with E-state index in [1.807, 2.05) is 19.1 Å². The number of rotatable bonds is 6. The third kappa shape index (κ3) is 4.56. The maximum atomic E-state index is 13.4. The predicted molar refractivity (Wildman–Crippen MR) is 138 cm³/mol. The van der Waals surface area contributed by atoms with Gasteiger partial charge in [0.25, 0.3) is 11.7 Å². The van der Waals surface area contributed by atoms with E-state index in [1.165, 1.54) is 12.0 Å². The van der Waals surface area contributed by atoms with Crippen molar-refractivity contribution in [3.05, 3.63) is 89.3 Å². The van der Waals surface area contributed by atoms with E-state index in [2.05, 4.69) is 25.8 Å². The van der Waals surface area contributed by atoms with Crippen LogP contribution in [-0.2, 0) is 15.0 Å². The highest BCUT2D eigenvalue weighted by molar-refractivity contribution is 6.51. The minimum Gasteiger partial charge on any atom is -0.507 e. The molecule has 4 rings (SSSR count). The Morgan fingerprint density at radius 1 is 1.03 bits per heavy atom. The molecule has 0 bridgehead atoms. The van der Waals surface area contributed by atoms with Gasteiger partial charge in [-0.2, -0.15) is 0 Å². The van der Waals surface area contributed by atoms with Crippen LogP contribution in [0.5, 0.6) is 11.5 Å². The van der Waals surface area contributed by atoms with Gasteiger partial charge in [-0.25, -0.2) is 0 Å². The number of nitrogens with zero attached hydrogens (tertiary/aromatic N) is 2. The average Bonchev–Trinajstić information content (AvgIpc) is 3.14. The summed E-state index contributed by atoms with van der Waals surface area (Å²) in [6.45, 7) is 8.57. The summed E-state index contributed by atoms with van der Waals surface area (Å²) >= 11 is 0. The van der Waals surface area contributed by atoms with Crippen molar-refractivity contribution >= 4 is 23.1 Å². The van der Waals surface area contributed by atoms with Crippen molar-refractivity contribution in [2.45, 2.75) is 39.2 Å². The number of pyridine rings is 1. The maximum absolute atomic E-state index is 13.4. The minimum atomic E-state index is -0.853. The predicted octanol–water partition coefficient (Wildman–Crippen LogP) is 5.41. The highest BCUT2D eigenvalue weighted by Crippen LogP contribution is 2.44. The lowest BCUT2D eigenvalue weighted by molar-refractivity contribution is -0.132. The Balaban J connectivity index is 1.93. The first-order valence-electron chi connectivity index (χ1n) is 11.8. The molecule has 0 saturated carbocycles. The van der Waals surface area contributed by atoms with Gasteiger partial charge in [-0.1, -0.05) is 26.8 Å². The summed E-state index contributed by atoms with van der Waals surface area (Å²) in [5.41, 5.74) is 2.24. The quantitative estimate of drug-likeness (QED) is 0.285. The standard InChI is InChI=1S/C29H30N2O5/c1-6-36-21-10-8-20(9-11-21)31-25(18-13-15-30-16-14-18)24(27(33)28(31)34)26(32)22-17-19(29(2,3)4)7-12-23(22)35-5/h7-17,25,32H,6H2,1-5H3/b26-24+. The summed E-state index contributed by atoms with van der Waals surface area (Å²) in [4.78, 5) is 32.3. The monoisotopic (exact) mass is 486 g/mol. The van der Waals surface area contributed by atoms with E-state index in [1.54, 1.807) is 54.9 Å². The van der Waals surface area contributed by atoms with E-state index in [9.17, 15) is 14.7 Å². The van der Waals surface area contributed by atoms with Gasteiger partial charge in [-0.3, -0.25) is 19.5 Å². The number of amides is 1. The zero-order valence-corrected chi connectivity index (χ0v) is 21.1. The largest absolute Gasteiger partial charge is 0.507 e. The second kappa shape index (κ2) is 9.85. The van der Waals surface area contributed by atoms with E-state index in [0.717, 1.165) is 5.56 Å². The Hall–Kier alpha value is -4.13. The Morgan fingerprint density at radius 2 is 1.69 bits per heavy atom. The van der Waals surface area contributed by atoms with Crippen LogP contribution in [0.3, 0.4) is 0 Å². The molecule has 1 aliphatic heterocycles. The molecular weight excluding hydrogens is 456 g/mol. The second-order valence-corrected chi connectivity index (χ2v) is 9.54. The van der Waals surface area contributed by atoms with Gasteiger partial charge in [0, 0.05) is 18.1 Å². The first-order valence-corrected chi connectivity index (χ1v) is 11.8. The van der Waals surface area contributed by atoms with E-state index < -0.39 is 17.7 Å². The fourth-order valence-corrected chi connectivity index (χ4v) is 4.33. The van der Waals surface area contributed by atoms with Crippen LogP contribution in [0.4, 0.5) is 5.69 Å². The van der Waals surface area contributed by atoms with Gasteiger partial charge in [0.2, 0.25) is 0 Å². The molecule has 0 spiro atoms. The fourth-order valence-electron chi connectivity index (χ4n) is 4.33. The van der Waals surface area contributed by atoms with Crippen LogP contribution in [0.1, 0.15) is 50.4 Å². The van der Waals surface area contributed by atoms with Crippen molar-refractivity contribution in [2.24, 2.45) is 0 Å². The van der Waals surface area contributed by atoms with Crippen LogP contribution in [0.15, 0.2) is 72.6 Å². The van der Waals surface area contributed by atoms with Crippen LogP contribution >= 0.6 is 0 Å². The molecule has 0 radical (unpaired) electrons. The van der Waals surface area contributed by atoms with Gasteiger partial charge in [-0.15, -0.1) is 0 Å². The zero-order valence-electron chi connectivity index (χ0n) is 21.1. The molecule has 1 aromatic heterocycles. The molecule has 1 N–H and O–H groups in total. The molecule has 7 nitrogen and oxygen atoms in total. The topological polar surface area (TPSA) is 89.0 Å². The smallest absolute Gasteiger partial charge is 0.300 e. The lowest BCUT2D eigenvalue weighted by atomic mass is 9.85. The summed E-state index contributed by atoms with van der Waals surface area (Å²) in [6, 6.07) is 15.1. The molecular formula is C29H30N2O5. The molecule has 1 atom stereocenters. The van der Waals surface area contributed by atoms with Crippen molar-refractivity contribution < 1.29 is 24.2 Å². The third-order valence-corrected chi connectivity index (χ3v) is 6.21. The number of aliphatic hydroxyl groups is 1. The van der Waals surface area contributed by atoms with Gasteiger partial charge < -0.3 is 14.6 Å². The molecule has 1 saturated heterocycles. The first kappa shape index (κ1) is 25.0. The molecule has 36 heavy (non-hydrogen) atoms. The zero-order chi connectivity index (χ0) is 26.0. The number of hydrogen-bond acceptors (Lipinski definition) is 6. The second-order valence-electron chi connectivity index (χ2n) is 9.54. The summed E-state index contributed by atoms with van der Waals surface area (Å²) in [5.74, 6) is -0.727. The van der Waals surface area contributed by atoms with Crippen molar-refractivity contribution in [1.82, 2.24) is 4.98 Å². The summed E-state index contributed by atoms with van der Waals surface area (Å²) in [6.07, 6.45) is 3.18. The lowest BCUT2D eigenvalue weighted by Gasteiger charge is -2.26. The van der Waals surface area contributed by atoms with E-state index in [0.29, 0.717) is 34.9 Å². The van der Waals surface area contributed by atoms with Crippen LogP contribution in [0.25, 0.3) is 5.76 Å². The van der Waals surface area contributed by atoms with Gasteiger partial charge in [0.1, 0.15) is 17.3 Å². The molecule has 7 heteroatoms. The number of methoxy groups -OCH3 is 1. The number of benzene rings is 2. The van der Waals surface area contributed by atoms with Crippen molar-refractivity contribution in [1.29, 1.82) is 0 Å². The normalized spacial score (nSPS) is 17.4. The molecule has 1 fully saturated rings. The third-order valence-electron chi connectivity index (χ3n) is 6.21. The van der Waals surface area contributed by atoms with Crippen LogP contribution in [0, 0.1) is 0 Å². The van der Waals surface area contributed by atoms with Crippen LogP contribution in [-0.4, -0.2) is 35.5 Å². The van der Waals surface area contributed by atoms with E-state index in [4.69, 9.17) is 9.47 Å². The van der Waals surface area contributed by atoms with E-state index in [-0.39, 0.29) is 16.7 Å². The molecule has 2 heterocycles. The molecule has 1 aliphatic rings. The Labute approximate surface area is 211 Å². The molecule has 1 amide bonds. The van der Waals surface area contributed by atoms with Crippen LogP contribution < -0.4 is 14.4 Å². The Kier molecular flexibility index (Phi) is 6.84. The first-order chi connectivity index (χ1) is 17.2. The molecule has 1 unspecified atom stereocenters. The van der Waals surface area contributed by atoms with Gasteiger partial charge >= 0.3 is 0 Å². The number of ketones is 1. The Bertz CT molecular complexity index is 1310. The highest BCUT2D eigenvalue weighted by Gasteiger charge is 2.47. The number of anilines is 1. The molecule has 0 aliphatic carbocycles. The average molecular weight is 487 g/mol.